The second-order valence-electron chi connectivity index (χ2n) is 5.45. The van der Waals surface area contributed by atoms with Crippen molar-refractivity contribution < 1.29 is 9.59 Å². The van der Waals surface area contributed by atoms with Crippen LogP contribution in [0.2, 0.25) is 5.02 Å². The number of hydrogen-bond acceptors (Lipinski definition) is 2. The van der Waals surface area contributed by atoms with E-state index < -0.39 is 0 Å². The third kappa shape index (κ3) is 6.17. The molecule has 116 valence electrons. The lowest BCUT2D eigenvalue weighted by Crippen LogP contribution is -2.27. The smallest absolute Gasteiger partial charge is 0.251 e. The van der Waals surface area contributed by atoms with Crippen molar-refractivity contribution in [2.45, 2.75) is 40.0 Å². The van der Waals surface area contributed by atoms with Crippen LogP contribution in [0, 0.1) is 5.92 Å². The Hall–Kier alpha value is -1.55. The van der Waals surface area contributed by atoms with Crippen molar-refractivity contribution in [2.75, 3.05) is 11.9 Å². The van der Waals surface area contributed by atoms with Gasteiger partial charge in [-0.25, -0.2) is 0 Å². The highest BCUT2D eigenvalue weighted by atomic mass is 35.5. The van der Waals surface area contributed by atoms with Gasteiger partial charge in [-0.1, -0.05) is 38.8 Å². The molecule has 0 saturated heterocycles. The van der Waals surface area contributed by atoms with E-state index in [2.05, 4.69) is 10.6 Å². The molecular formula is C16H23ClN2O2. The summed E-state index contributed by atoms with van der Waals surface area (Å²) >= 11 is 6.06. The highest BCUT2D eigenvalue weighted by Gasteiger charge is 2.11. The van der Waals surface area contributed by atoms with E-state index in [0.717, 1.165) is 12.8 Å². The zero-order valence-corrected chi connectivity index (χ0v) is 13.6. The van der Waals surface area contributed by atoms with Crippen LogP contribution in [0.1, 0.15) is 50.4 Å². The van der Waals surface area contributed by atoms with Crippen molar-refractivity contribution in [3.8, 4) is 0 Å². The molecule has 0 heterocycles. The number of benzene rings is 1. The van der Waals surface area contributed by atoms with Gasteiger partial charge in [-0.2, -0.15) is 0 Å². The predicted molar refractivity (Wildman–Crippen MR) is 86.8 cm³/mol. The van der Waals surface area contributed by atoms with Gasteiger partial charge in [-0.15, -0.1) is 0 Å². The molecule has 4 nitrogen and oxygen atoms in total. The fourth-order valence-electron chi connectivity index (χ4n) is 1.71. The van der Waals surface area contributed by atoms with Gasteiger partial charge in [0.05, 0.1) is 10.7 Å². The van der Waals surface area contributed by atoms with Crippen molar-refractivity contribution in [3.63, 3.8) is 0 Å². The van der Waals surface area contributed by atoms with Crippen molar-refractivity contribution >= 4 is 29.1 Å². The normalized spacial score (nSPS) is 10.5. The number of carbonyl (C=O) groups is 2. The Labute approximate surface area is 131 Å². The first-order valence-corrected chi connectivity index (χ1v) is 7.69. The third-order valence-corrected chi connectivity index (χ3v) is 3.26. The Bertz CT molecular complexity index is 501. The number of unbranched alkanes of at least 4 members (excludes halogenated alkanes) is 1. The number of carbonyl (C=O) groups excluding carboxylic acids is 2. The monoisotopic (exact) mass is 310 g/mol. The fourth-order valence-corrected chi connectivity index (χ4v) is 1.88. The van der Waals surface area contributed by atoms with E-state index in [9.17, 15) is 9.59 Å². The van der Waals surface area contributed by atoms with E-state index in [1.54, 1.807) is 18.2 Å². The number of hydrogen-bond donors (Lipinski definition) is 2. The quantitative estimate of drug-likeness (QED) is 0.803. The van der Waals surface area contributed by atoms with Gasteiger partial charge < -0.3 is 10.6 Å². The molecule has 0 aromatic heterocycles. The summed E-state index contributed by atoms with van der Waals surface area (Å²) in [6.07, 6.45) is 2.24. The molecule has 1 aromatic rings. The lowest BCUT2D eigenvalue weighted by molar-refractivity contribution is -0.116. The summed E-state index contributed by atoms with van der Waals surface area (Å²) < 4.78 is 0. The topological polar surface area (TPSA) is 58.2 Å². The molecule has 1 aromatic carbocycles. The van der Waals surface area contributed by atoms with E-state index in [0.29, 0.717) is 35.2 Å². The number of halogens is 1. The Balaban J connectivity index is 2.75. The number of amides is 2. The predicted octanol–water partition coefficient (Wildman–Crippen LogP) is 3.85. The number of anilines is 1. The molecule has 0 radical (unpaired) electrons. The molecule has 2 amide bonds. The maximum atomic E-state index is 12.0. The van der Waals surface area contributed by atoms with Gasteiger partial charge in [0.2, 0.25) is 5.91 Å². The Morgan fingerprint density at radius 1 is 1.29 bits per heavy atom. The van der Waals surface area contributed by atoms with Gasteiger partial charge in [0.15, 0.2) is 0 Å². The molecule has 21 heavy (non-hydrogen) atoms. The first-order chi connectivity index (χ1) is 9.93. The molecular weight excluding hydrogens is 288 g/mol. The molecule has 0 unspecified atom stereocenters. The highest BCUT2D eigenvalue weighted by molar-refractivity contribution is 6.33. The molecule has 0 aliphatic rings. The third-order valence-electron chi connectivity index (χ3n) is 2.93. The largest absolute Gasteiger partial charge is 0.352 e. The second-order valence-corrected chi connectivity index (χ2v) is 5.86. The summed E-state index contributed by atoms with van der Waals surface area (Å²) in [4.78, 5) is 23.8. The van der Waals surface area contributed by atoms with Crippen LogP contribution in [0.3, 0.4) is 0 Å². The summed E-state index contributed by atoms with van der Waals surface area (Å²) in [5.74, 6) is 0.136. The molecule has 0 spiro atoms. The zero-order valence-electron chi connectivity index (χ0n) is 12.8. The average Bonchev–Trinajstić information content (AvgIpc) is 2.44. The molecule has 0 aliphatic heterocycles. The standard InChI is InChI=1S/C16H23ClN2O2/c1-4-5-6-15(20)19-14-9-12(7-8-13(14)17)16(21)18-10-11(2)3/h7-9,11H,4-6,10H2,1-3H3,(H,18,21)(H,19,20). The van der Waals surface area contributed by atoms with Gasteiger partial charge in [-0.3, -0.25) is 9.59 Å². The van der Waals surface area contributed by atoms with Gasteiger partial charge in [0, 0.05) is 18.5 Å². The molecule has 0 aliphatic carbocycles. The Kier molecular flexibility index (Phi) is 7.23. The van der Waals surface area contributed by atoms with Crippen LogP contribution in [0.4, 0.5) is 5.69 Å². The molecule has 0 saturated carbocycles. The summed E-state index contributed by atoms with van der Waals surface area (Å²) in [5, 5.41) is 6.02. The maximum Gasteiger partial charge on any atom is 0.251 e. The first kappa shape index (κ1) is 17.5. The van der Waals surface area contributed by atoms with Crippen molar-refractivity contribution in [1.29, 1.82) is 0 Å². The van der Waals surface area contributed by atoms with Gasteiger partial charge in [0.25, 0.3) is 5.91 Å². The van der Waals surface area contributed by atoms with Crippen LogP contribution in [0.15, 0.2) is 18.2 Å². The molecule has 1 rings (SSSR count). The van der Waals surface area contributed by atoms with Crippen LogP contribution < -0.4 is 10.6 Å². The van der Waals surface area contributed by atoms with E-state index in [-0.39, 0.29) is 11.8 Å². The van der Waals surface area contributed by atoms with Crippen molar-refractivity contribution in [2.24, 2.45) is 5.92 Å². The summed E-state index contributed by atoms with van der Waals surface area (Å²) in [6, 6.07) is 4.89. The van der Waals surface area contributed by atoms with Gasteiger partial charge >= 0.3 is 0 Å². The van der Waals surface area contributed by atoms with Crippen LogP contribution in [0.25, 0.3) is 0 Å². The molecule has 2 N–H and O–H groups in total. The van der Waals surface area contributed by atoms with Gasteiger partial charge in [-0.05, 0) is 30.5 Å². The highest BCUT2D eigenvalue weighted by Crippen LogP contribution is 2.23. The molecule has 5 heteroatoms. The second kappa shape index (κ2) is 8.67. The zero-order chi connectivity index (χ0) is 15.8. The van der Waals surface area contributed by atoms with Crippen molar-refractivity contribution in [1.82, 2.24) is 5.32 Å². The minimum absolute atomic E-state index is 0.0847. The van der Waals surface area contributed by atoms with E-state index in [1.165, 1.54) is 0 Å². The SMILES string of the molecule is CCCCC(=O)Nc1cc(C(=O)NCC(C)C)ccc1Cl. The minimum Gasteiger partial charge on any atom is -0.352 e. The first-order valence-electron chi connectivity index (χ1n) is 7.31. The minimum atomic E-state index is -0.163. The average molecular weight is 311 g/mol. The van der Waals surface area contributed by atoms with E-state index in [4.69, 9.17) is 11.6 Å². The van der Waals surface area contributed by atoms with Crippen LogP contribution in [-0.4, -0.2) is 18.4 Å². The summed E-state index contributed by atoms with van der Waals surface area (Å²) in [7, 11) is 0. The number of nitrogens with one attached hydrogen (secondary N) is 2. The van der Waals surface area contributed by atoms with Crippen LogP contribution >= 0.6 is 11.6 Å². The molecule has 0 fully saturated rings. The lowest BCUT2D eigenvalue weighted by Gasteiger charge is -2.11. The summed E-state index contributed by atoms with van der Waals surface area (Å²) in [6.45, 7) is 6.70. The van der Waals surface area contributed by atoms with E-state index >= 15 is 0 Å². The molecule has 0 atom stereocenters. The van der Waals surface area contributed by atoms with Crippen LogP contribution in [-0.2, 0) is 4.79 Å². The van der Waals surface area contributed by atoms with E-state index in [1.807, 2.05) is 20.8 Å². The fraction of sp³-hybridized carbons (Fsp3) is 0.500. The van der Waals surface area contributed by atoms with Crippen LogP contribution in [0.5, 0.6) is 0 Å². The summed E-state index contributed by atoms with van der Waals surface area (Å²) in [5.41, 5.74) is 0.973. The maximum absolute atomic E-state index is 12.0. The number of rotatable bonds is 7. The Morgan fingerprint density at radius 2 is 2.00 bits per heavy atom. The van der Waals surface area contributed by atoms with Crippen molar-refractivity contribution in [3.05, 3.63) is 28.8 Å². The lowest BCUT2D eigenvalue weighted by atomic mass is 10.1. The van der Waals surface area contributed by atoms with Gasteiger partial charge in [0.1, 0.15) is 0 Å². The Morgan fingerprint density at radius 3 is 2.62 bits per heavy atom. The molecule has 0 bridgehead atoms.